The van der Waals surface area contributed by atoms with Gasteiger partial charge in [0.25, 0.3) is 0 Å². The largest absolute Gasteiger partial charge is 0.394 e. The first-order valence-corrected chi connectivity index (χ1v) is 7.83. The van der Waals surface area contributed by atoms with E-state index < -0.39 is 54.8 Å². The van der Waals surface area contributed by atoms with E-state index in [1.165, 1.54) is 0 Å². The number of hydrogen-bond donors (Lipinski definition) is 6. The molecule has 0 unspecified atom stereocenters. The van der Waals surface area contributed by atoms with Crippen LogP contribution in [-0.2, 0) is 25.6 Å². The van der Waals surface area contributed by atoms with Gasteiger partial charge in [0.2, 0.25) is 23.6 Å². The van der Waals surface area contributed by atoms with Gasteiger partial charge in [0.1, 0.15) is 18.1 Å². The second-order valence-corrected chi connectivity index (χ2v) is 5.67. The predicted octanol–water partition coefficient (Wildman–Crippen LogP) is -3.12. The van der Waals surface area contributed by atoms with Crippen LogP contribution in [0.2, 0.25) is 0 Å². The Morgan fingerprint density at radius 1 is 0.962 bits per heavy atom. The lowest BCUT2D eigenvalue weighted by Gasteiger charge is -2.22. The van der Waals surface area contributed by atoms with Crippen LogP contribution in [0.15, 0.2) is 30.3 Å². The summed E-state index contributed by atoms with van der Waals surface area (Å²) in [6.07, 6.45) is -0.373. The first-order valence-electron chi connectivity index (χ1n) is 7.83. The Labute approximate surface area is 150 Å². The van der Waals surface area contributed by atoms with E-state index in [0.29, 0.717) is 0 Å². The van der Waals surface area contributed by atoms with Crippen molar-refractivity contribution < 1.29 is 24.3 Å². The molecule has 0 saturated carbocycles. The summed E-state index contributed by atoms with van der Waals surface area (Å²) in [7, 11) is 0. The molecule has 0 spiro atoms. The third kappa shape index (κ3) is 6.87. The number of amides is 4. The van der Waals surface area contributed by atoms with E-state index in [4.69, 9.17) is 22.3 Å². The van der Waals surface area contributed by atoms with E-state index in [-0.39, 0.29) is 6.42 Å². The molecular formula is C16H23N5O5. The fourth-order valence-corrected chi connectivity index (χ4v) is 2.12. The van der Waals surface area contributed by atoms with Gasteiger partial charge in [0.15, 0.2) is 0 Å². The molecule has 26 heavy (non-hydrogen) atoms. The Kier molecular flexibility index (Phi) is 8.19. The number of aliphatic hydroxyl groups is 1. The average molecular weight is 365 g/mol. The van der Waals surface area contributed by atoms with Crippen LogP contribution in [0.3, 0.4) is 0 Å². The van der Waals surface area contributed by atoms with Crippen molar-refractivity contribution in [1.82, 2.24) is 10.6 Å². The molecule has 1 aromatic carbocycles. The van der Waals surface area contributed by atoms with Crippen molar-refractivity contribution in [1.29, 1.82) is 0 Å². The van der Waals surface area contributed by atoms with Crippen molar-refractivity contribution in [2.24, 2.45) is 17.2 Å². The first kappa shape index (κ1) is 21.1. The predicted molar refractivity (Wildman–Crippen MR) is 92.1 cm³/mol. The van der Waals surface area contributed by atoms with E-state index in [1.807, 2.05) is 0 Å². The zero-order valence-electron chi connectivity index (χ0n) is 14.1. The summed E-state index contributed by atoms with van der Waals surface area (Å²) >= 11 is 0. The molecule has 0 aliphatic heterocycles. The van der Waals surface area contributed by atoms with Crippen LogP contribution < -0.4 is 27.8 Å². The number of carbonyl (C=O) groups excluding carboxylic acids is 4. The Morgan fingerprint density at radius 3 is 2.04 bits per heavy atom. The highest BCUT2D eigenvalue weighted by atomic mass is 16.3. The molecule has 3 atom stereocenters. The molecular weight excluding hydrogens is 342 g/mol. The summed E-state index contributed by atoms with van der Waals surface area (Å²) in [5.41, 5.74) is 16.5. The minimum absolute atomic E-state index is 0.134. The van der Waals surface area contributed by atoms with Gasteiger partial charge in [-0.15, -0.1) is 0 Å². The van der Waals surface area contributed by atoms with Crippen molar-refractivity contribution in [3.63, 3.8) is 0 Å². The van der Waals surface area contributed by atoms with Gasteiger partial charge in [-0.05, 0) is 5.56 Å². The number of nitrogens with one attached hydrogen (secondary N) is 2. The molecule has 4 amide bonds. The number of hydrogen-bond acceptors (Lipinski definition) is 6. The highest BCUT2D eigenvalue weighted by Gasteiger charge is 2.28. The topological polar surface area (TPSA) is 191 Å². The van der Waals surface area contributed by atoms with Crippen LogP contribution in [0, 0.1) is 0 Å². The van der Waals surface area contributed by atoms with Crippen LogP contribution in [0.4, 0.5) is 0 Å². The minimum atomic E-state index is -1.35. The molecule has 1 aromatic rings. The van der Waals surface area contributed by atoms with Crippen LogP contribution in [0.25, 0.3) is 0 Å². The van der Waals surface area contributed by atoms with Crippen LogP contribution in [-0.4, -0.2) is 53.5 Å². The molecule has 0 radical (unpaired) electrons. The van der Waals surface area contributed by atoms with E-state index in [0.717, 1.165) is 5.56 Å². The maximum atomic E-state index is 12.4. The van der Waals surface area contributed by atoms with Gasteiger partial charge in [-0.2, -0.15) is 0 Å². The normalized spacial score (nSPS) is 13.9. The molecule has 10 heteroatoms. The zero-order chi connectivity index (χ0) is 19.7. The lowest BCUT2D eigenvalue weighted by molar-refractivity contribution is -0.133. The summed E-state index contributed by atoms with van der Waals surface area (Å²) in [5, 5.41) is 13.5. The number of nitrogens with two attached hydrogens (primary N) is 3. The molecule has 10 nitrogen and oxygen atoms in total. The summed E-state index contributed by atoms with van der Waals surface area (Å²) in [4.78, 5) is 46.9. The molecule has 0 bridgehead atoms. The monoisotopic (exact) mass is 365 g/mol. The standard InChI is InChI=1S/C16H23N5O5/c17-10(8-22)15(25)21-12(7-13(18)23)16(26)20-11(14(19)24)6-9-4-2-1-3-5-9/h1-5,10-12,22H,6-8,17H2,(H2,18,23)(H2,19,24)(H,20,26)(H,21,25)/t10-,11-,12-/m0/s1. The molecule has 0 aromatic heterocycles. The van der Waals surface area contributed by atoms with Crippen molar-refractivity contribution >= 4 is 23.6 Å². The van der Waals surface area contributed by atoms with Crippen molar-refractivity contribution in [3.05, 3.63) is 35.9 Å². The molecule has 0 aliphatic carbocycles. The number of aliphatic hydroxyl groups excluding tert-OH is 1. The summed E-state index contributed by atoms with van der Waals surface area (Å²) in [6, 6.07) is 5.16. The second kappa shape index (κ2) is 10.1. The lowest BCUT2D eigenvalue weighted by atomic mass is 10.0. The van der Waals surface area contributed by atoms with Crippen molar-refractivity contribution in [2.45, 2.75) is 31.0 Å². The first-order chi connectivity index (χ1) is 12.2. The van der Waals surface area contributed by atoms with E-state index >= 15 is 0 Å². The number of primary amides is 2. The van der Waals surface area contributed by atoms with Gasteiger partial charge >= 0.3 is 0 Å². The molecule has 0 aliphatic rings. The van der Waals surface area contributed by atoms with Gasteiger partial charge < -0.3 is 32.9 Å². The molecule has 9 N–H and O–H groups in total. The molecule has 142 valence electrons. The second-order valence-electron chi connectivity index (χ2n) is 5.67. The maximum absolute atomic E-state index is 12.4. The SMILES string of the molecule is NC(=O)C[C@H](NC(=O)[C@@H](N)CO)C(=O)N[C@@H](Cc1ccccc1)C(N)=O. The number of benzene rings is 1. The lowest BCUT2D eigenvalue weighted by Crippen LogP contribution is -2.57. The summed E-state index contributed by atoms with van der Waals surface area (Å²) < 4.78 is 0. The number of rotatable bonds is 10. The Balaban J connectivity index is 2.85. The number of carbonyl (C=O) groups is 4. The van der Waals surface area contributed by atoms with E-state index in [9.17, 15) is 19.2 Å². The third-order valence-electron chi connectivity index (χ3n) is 3.51. The van der Waals surface area contributed by atoms with Crippen LogP contribution in [0.1, 0.15) is 12.0 Å². The zero-order valence-corrected chi connectivity index (χ0v) is 14.1. The van der Waals surface area contributed by atoms with E-state index in [1.54, 1.807) is 30.3 Å². The maximum Gasteiger partial charge on any atom is 0.243 e. The van der Waals surface area contributed by atoms with Crippen LogP contribution >= 0.6 is 0 Å². The fraction of sp³-hybridized carbons (Fsp3) is 0.375. The average Bonchev–Trinajstić information content (AvgIpc) is 2.60. The van der Waals surface area contributed by atoms with Gasteiger partial charge in [0, 0.05) is 6.42 Å². The quantitative estimate of drug-likeness (QED) is 0.254. The van der Waals surface area contributed by atoms with Gasteiger partial charge in [-0.1, -0.05) is 30.3 Å². The summed E-state index contributed by atoms with van der Waals surface area (Å²) in [6.45, 7) is -0.644. The third-order valence-corrected chi connectivity index (χ3v) is 3.51. The Bertz CT molecular complexity index is 652. The smallest absolute Gasteiger partial charge is 0.243 e. The molecule has 1 rings (SSSR count). The van der Waals surface area contributed by atoms with E-state index in [2.05, 4.69) is 10.6 Å². The van der Waals surface area contributed by atoms with Gasteiger partial charge in [0.05, 0.1) is 13.0 Å². The molecule has 0 saturated heterocycles. The van der Waals surface area contributed by atoms with Crippen LogP contribution in [0.5, 0.6) is 0 Å². The highest BCUT2D eigenvalue weighted by molar-refractivity contribution is 5.95. The minimum Gasteiger partial charge on any atom is -0.394 e. The van der Waals surface area contributed by atoms with Crippen molar-refractivity contribution in [2.75, 3.05) is 6.61 Å². The van der Waals surface area contributed by atoms with Crippen molar-refractivity contribution in [3.8, 4) is 0 Å². The molecule has 0 heterocycles. The fourth-order valence-electron chi connectivity index (χ4n) is 2.12. The Hall–Kier alpha value is -2.98. The highest BCUT2D eigenvalue weighted by Crippen LogP contribution is 2.04. The summed E-state index contributed by atoms with van der Waals surface area (Å²) in [5.74, 6) is -3.28. The van der Waals surface area contributed by atoms with Gasteiger partial charge in [-0.3, -0.25) is 19.2 Å². The van der Waals surface area contributed by atoms with Gasteiger partial charge in [-0.25, -0.2) is 0 Å². The Morgan fingerprint density at radius 2 is 1.54 bits per heavy atom. The molecule has 0 fully saturated rings.